The highest BCUT2D eigenvalue weighted by Gasteiger charge is 2.13. The summed E-state index contributed by atoms with van der Waals surface area (Å²) in [5, 5.41) is 0. The first-order valence-corrected chi connectivity index (χ1v) is 6.57. The lowest BCUT2D eigenvalue weighted by Crippen LogP contribution is -2.08. The summed E-state index contributed by atoms with van der Waals surface area (Å²) in [6.45, 7) is 3.92. The lowest BCUT2D eigenvalue weighted by Gasteiger charge is -2.07. The average Bonchev–Trinajstić information content (AvgIpc) is 2.35. The summed E-state index contributed by atoms with van der Waals surface area (Å²) in [5.41, 5.74) is 3.64. The number of rotatable bonds is 3. The average molecular weight is 304 g/mol. The molecule has 2 rings (SSSR count). The van der Waals surface area contributed by atoms with Crippen molar-refractivity contribution >= 4 is 21.7 Å². The van der Waals surface area contributed by atoms with Crippen molar-refractivity contribution in [2.45, 2.75) is 20.3 Å². The van der Waals surface area contributed by atoms with Gasteiger partial charge in [-0.25, -0.2) is 0 Å². The predicted octanol–water partition coefficient (Wildman–Crippen LogP) is 3.89. The first-order chi connectivity index (χ1) is 8.59. The monoisotopic (exact) mass is 303 g/mol. The smallest absolute Gasteiger partial charge is 0.169 e. The van der Waals surface area contributed by atoms with Crippen LogP contribution in [0.4, 0.5) is 0 Å². The van der Waals surface area contributed by atoms with Crippen LogP contribution in [0.1, 0.15) is 27.2 Å². The van der Waals surface area contributed by atoms with E-state index in [1.165, 1.54) is 0 Å². The Labute approximate surface area is 115 Å². The summed E-state index contributed by atoms with van der Waals surface area (Å²) in [7, 11) is 0. The molecule has 0 aliphatic heterocycles. The highest BCUT2D eigenvalue weighted by molar-refractivity contribution is 9.10. The molecule has 0 bridgehead atoms. The van der Waals surface area contributed by atoms with Crippen LogP contribution in [-0.4, -0.2) is 10.8 Å². The highest BCUT2D eigenvalue weighted by Crippen LogP contribution is 2.21. The van der Waals surface area contributed by atoms with E-state index < -0.39 is 0 Å². The molecule has 0 spiro atoms. The van der Waals surface area contributed by atoms with Crippen molar-refractivity contribution in [1.29, 1.82) is 0 Å². The zero-order valence-corrected chi connectivity index (χ0v) is 12.0. The highest BCUT2D eigenvalue weighted by atomic mass is 79.9. The van der Waals surface area contributed by atoms with Gasteiger partial charge in [-0.3, -0.25) is 9.78 Å². The molecule has 0 fully saturated rings. The van der Waals surface area contributed by atoms with Crippen molar-refractivity contribution < 1.29 is 4.79 Å². The lowest BCUT2D eigenvalue weighted by atomic mass is 10.00. The molecule has 3 heteroatoms. The summed E-state index contributed by atoms with van der Waals surface area (Å²) < 4.78 is 0.964. The van der Waals surface area contributed by atoms with Crippen molar-refractivity contribution in [3.8, 4) is 0 Å². The van der Waals surface area contributed by atoms with Gasteiger partial charge < -0.3 is 0 Å². The van der Waals surface area contributed by atoms with Crippen molar-refractivity contribution in [1.82, 2.24) is 4.98 Å². The van der Waals surface area contributed by atoms with E-state index in [0.717, 1.165) is 26.9 Å². The summed E-state index contributed by atoms with van der Waals surface area (Å²) in [4.78, 5) is 16.5. The number of hydrogen-bond donors (Lipinski definition) is 0. The molecule has 1 heterocycles. The minimum atomic E-state index is 0.107. The van der Waals surface area contributed by atoms with E-state index in [1.807, 2.05) is 44.2 Å². The van der Waals surface area contributed by atoms with Gasteiger partial charge >= 0.3 is 0 Å². The van der Waals surface area contributed by atoms with Gasteiger partial charge in [-0.2, -0.15) is 0 Å². The second-order valence-electron chi connectivity index (χ2n) is 4.28. The number of halogens is 1. The van der Waals surface area contributed by atoms with Crippen LogP contribution in [0.25, 0.3) is 0 Å². The van der Waals surface area contributed by atoms with Crippen LogP contribution in [0.2, 0.25) is 0 Å². The number of aromatic nitrogens is 1. The number of Topliss-reactive ketones (excluding diaryl/α,β-unsaturated/α-hetero) is 1. The number of benzene rings is 1. The number of nitrogens with zero attached hydrogens (tertiary/aromatic N) is 1. The molecule has 0 saturated heterocycles. The largest absolute Gasteiger partial charge is 0.294 e. The summed E-state index contributed by atoms with van der Waals surface area (Å²) >= 11 is 3.45. The van der Waals surface area contributed by atoms with E-state index in [2.05, 4.69) is 20.9 Å². The van der Waals surface area contributed by atoms with Crippen LogP contribution in [0.3, 0.4) is 0 Å². The Bertz CT molecular complexity index is 593. The lowest BCUT2D eigenvalue weighted by molar-refractivity contribution is 0.0991. The fourth-order valence-electron chi connectivity index (χ4n) is 1.86. The van der Waals surface area contributed by atoms with Gasteiger partial charge in [-0.05, 0) is 37.1 Å². The molecule has 0 amide bonds. The van der Waals surface area contributed by atoms with Gasteiger partial charge in [-0.1, -0.05) is 34.1 Å². The van der Waals surface area contributed by atoms with E-state index in [9.17, 15) is 4.79 Å². The van der Waals surface area contributed by atoms with Gasteiger partial charge in [0.15, 0.2) is 5.78 Å². The Morgan fingerprint density at radius 3 is 2.72 bits per heavy atom. The van der Waals surface area contributed by atoms with Crippen LogP contribution < -0.4 is 0 Å². The number of ketones is 1. The van der Waals surface area contributed by atoms with E-state index >= 15 is 0 Å². The van der Waals surface area contributed by atoms with Crippen molar-refractivity contribution in [3.63, 3.8) is 0 Å². The Kier molecular flexibility index (Phi) is 3.92. The second kappa shape index (κ2) is 5.44. The van der Waals surface area contributed by atoms with Crippen LogP contribution in [-0.2, 0) is 6.42 Å². The van der Waals surface area contributed by atoms with Crippen molar-refractivity contribution in [2.75, 3.05) is 0 Å². The van der Waals surface area contributed by atoms with Gasteiger partial charge in [0, 0.05) is 16.2 Å². The summed E-state index contributed by atoms with van der Waals surface area (Å²) in [6.07, 6.45) is 2.08. The second-order valence-corrected chi connectivity index (χ2v) is 5.13. The fourth-order valence-corrected chi connectivity index (χ4v) is 2.23. The number of aryl methyl sites for hydroxylation is 1. The standard InChI is InChI=1S/C15H14BrNO/c1-10-5-4-8-17-14(10)9-15(18)12-6-3-7-13(16)11(12)2/h3-8H,9H2,1-2H3. The SMILES string of the molecule is Cc1cccnc1CC(=O)c1cccc(Br)c1C. The third-order valence-electron chi connectivity index (χ3n) is 3.01. The normalized spacial score (nSPS) is 10.4. The molecule has 0 radical (unpaired) electrons. The van der Waals surface area contributed by atoms with Crippen LogP contribution in [0.5, 0.6) is 0 Å². The molecular formula is C15H14BrNO. The minimum Gasteiger partial charge on any atom is -0.294 e. The Morgan fingerprint density at radius 1 is 1.22 bits per heavy atom. The van der Waals surface area contributed by atoms with Gasteiger partial charge in [0.2, 0.25) is 0 Å². The third-order valence-corrected chi connectivity index (χ3v) is 3.87. The fraction of sp³-hybridized carbons (Fsp3) is 0.200. The molecule has 2 nitrogen and oxygen atoms in total. The number of carbonyl (C=O) groups excluding carboxylic acids is 1. The molecule has 0 aliphatic carbocycles. The summed E-state index contributed by atoms with van der Waals surface area (Å²) in [6, 6.07) is 9.55. The van der Waals surface area contributed by atoms with E-state index in [-0.39, 0.29) is 5.78 Å². The van der Waals surface area contributed by atoms with Crippen LogP contribution >= 0.6 is 15.9 Å². The Balaban J connectivity index is 2.28. The van der Waals surface area contributed by atoms with Gasteiger partial charge in [0.05, 0.1) is 12.1 Å². The quantitative estimate of drug-likeness (QED) is 0.805. The first kappa shape index (κ1) is 13.0. The topological polar surface area (TPSA) is 30.0 Å². The number of hydrogen-bond acceptors (Lipinski definition) is 2. The van der Waals surface area contributed by atoms with Gasteiger partial charge in [-0.15, -0.1) is 0 Å². The minimum absolute atomic E-state index is 0.107. The molecule has 92 valence electrons. The van der Waals surface area contributed by atoms with Crippen molar-refractivity contribution in [2.24, 2.45) is 0 Å². The molecule has 1 aromatic heterocycles. The molecule has 1 aromatic carbocycles. The van der Waals surface area contributed by atoms with E-state index in [4.69, 9.17) is 0 Å². The van der Waals surface area contributed by atoms with Crippen molar-refractivity contribution in [3.05, 3.63) is 63.4 Å². The Morgan fingerprint density at radius 2 is 2.00 bits per heavy atom. The first-order valence-electron chi connectivity index (χ1n) is 5.78. The molecule has 0 saturated carbocycles. The molecule has 2 aromatic rings. The molecule has 0 aliphatic rings. The maximum Gasteiger partial charge on any atom is 0.169 e. The van der Waals surface area contributed by atoms with Gasteiger partial charge in [0.25, 0.3) is 0 Å². The predicted molar refractivity (Wildman–Crippen MR) is 75.9 cm³/mol. The zero-order valence-electron chi connectivity index (χ0n) is 10.4. The van der Waals surface area contributed by atoms with Crippen LogP contribution in [0, 0.1) is 13.8 Å². The molecule has 0 N–H and O–H groups in total. The van der Waals surface area contributed by atoms with Gasteiger partial charge in [0.1, 0.15) is 0 Å². The number of pyridine rings is 1. The van der Waals surface area contributed by atoms with Crippen LogP contribution in [0.15, 0.2) is 41.0 Å². The molecule has 0 unspecified atom stereocenters. The third kappa shape index (κ3) is 2.67. The van der Waals surface area contributed by atoms with E-state index in [0.29, 0.717) is 6.42 Å². The van der Waals surface area contributed by atoms with E-state index in [1.54, 1.807) is 6.20 Å². The maximum absolute atomic E-state index is 12.3. The Hall–Kier alpha value is -1.48. The molecule has 0 atom stereocenters. The summed E-state index contributed by atoms with van der Waals surface area (Å²) in [5.74, 6) is 0.107. The zero-order chi connectivity index (χ0) is 13.1. The molecule has 18 heavy (non-hydrogen) atoms. The number of carbonyl (C=O) groups is 1. The maximum atomic E-state index is 12.3. The molecular weight excluding hydrogens is 290 g/mol.